The van der Waals surface area contributed by atoms with Crippen LogP contribution in [0.4, 0.5) is 39.5 Å². The Labute approximate surface area is 212 Å². The molecule has 0 saturated heterocycles. The molecule has 0 radical (unpaired) electrons. The smallest absolute Gasteiger partial charge is 0.428 e. The van der Waals surface area contributed by atoms with E-state index in [1.807, 2.05) is 0 Å². The molecule has 3 aromatic rings. The molecule has 0 spiro atoms. The highest BCUT2D eigenvalue weighted by Crippen LogP contribution is 2.43. The second-order valence-electron chi connectivity index (χ2n) is 8.90. The van der Waals surface area contributed by atoms with Crippen molar-refractivity contribution in [3.8, 4) is 5.75 Å². The van der Waals surface area contributed by atoms with Crippen LogP contribution in [0, 0.1) is 11.6 Å². The number of hydrogen-bond donors (Lipinski definition) is 1. The van der Waals surface area contributed by atoms with Gasteiger partial charge in [0.25, 0.3) is 0 Å². The summed E-state index contributed by atoms with van der Waals surface area (Å²) >= 11 is 0. The Morgan fingerprint density at radius 2 is 1.39 bits per heavy atom. The zero-order valence-corrected chi connectivity index (χ0v) is 19.7. The Hall–Kier alpha value is -3.21. The van der Waals surface area contributed by atoms with E-state index in [9.17, 15) is 44.6 Å². The maximum atomic E-state index is 14.7. The molecule has 0 aliphatic carbocycles. The zero-order valence-electron chi connectivity index (χ0n) is 19.7. The summed E-state index contributed by atoms with van der Waals surface area (Å²) in [5.74, 6) is -2.74. The molecule has 11 heteroatoms. The number of hydrogen-bond acceptors (Lipinski definition) is 2. The predicted molar refractivity (Wildman–Crippen MR) is 121 cm³/mol. The number of ether oxygens (including phenoxy) is 1. The zero-order chi connectivity index (χ0) is 28.1. The first-order valence-corrected chi connectivity index (χ1v) is 11.4. The van der Waals surface area contributed by atoms with E-state index in [2.05, 4.69) is 4.74 Å². The van der Waals surface area contributed by atoms with Gasteiger partial charge in [0.1, 0.15) is 17.4 Å². The van der Waals surface area contributed by atoms with E-state index < -0.39 is 60.5 Å². The molecule has 0 bridgehead atoms. The summed E-state index contributed by atoms with van der Waals surface area (Å²) in [6.07, 6.45) is -18.1. The van der Waals surface area contributed by atoms with E-state index in [1.54, 1.807) is 30.3 Å². The fourth-order valence-corrected chi connectivity index (χ4v) is 4.34. The van der Waals surface area contributed by atoms with Crippen molar-refractivity contribution in [2.24, 2.45) is 0 Å². The van der Waals surface area contributed by atoms with Crippen LogP contribution in [0.15, 0.2) is 72.8 Å². The van der Waals surface area contributed by atoms with E-state index >= 15 is 0 Å². The third-order valence-corrected chi connectivity index (χ3v) is 6.05. The van der Waals surface area contributed by atoms with Crippen molar-refractivity contribution in [3.63, 3.8) is 0 Å². The molecule has 1 N–H and O–H groups in total. The lowest BCUT2D eigenvalue weighted by Crippen LogP contribution is -2.35. The van der Waals surface area contributed by atoms with Crippen LogP contribution < -0.4 is 4.74 Å². The lowest BCUT2D eigenvalue weighted by Gasteiger charge is -2.37. The van der Waals surface area contributed by atoms with Gasteiger partial charge in [-0.05, 0) is 60.2 Å². The molecule has 3 aromatic carbocycles. The van der Waals surface area contributed by atoms with Crippen LogP contribution in [0.2, 0.25) is 0 Å². The van der Waals surface area contributed by atoms with E-state index in [4.69, 9.17) is 0 Å². The first-order valence-electron chi connectivity index (χ1n) is 11.4. The molecule has 0 aromatic heterocycles. The summed E-state index contributed by atoms with van der Waals surface area (Å²) in [4.78, 5) is 0. The van der Waals surface area contributed by atoms with Crippen LogP contribution in [-0.2, 0) is 11.8 Å². The van der Waals surface area contributed by atoms with Gasteiger partial charge in [0.05, 0.1) is 12.5 Å². The molecule has 0 saturated carbocycles. The third-order valence-electron chi connectivity index (χ3n) is 6.05. The molecule has 38 heavy (non-hydrogen) atoms. The number of benzene rings is 3. The summed E-state index contributed by atoms with van der Waals surface area (Å²) in [6, 6.07) is 15.3. The second kappa shape index (κ2) is 11.7. The summed E-state index contributed by atoms with van der Waals surface area (Å²) < 4.78 is 124. The van der Waals surface area contributed by atoms with Gasteiger partial charge in [-0.25, -0.2) is 8.78 Å². The lowest BCUT2D eigenvalue weighted by molar-refractivity contribution is -0.253. The average molecular weight is 550 g/mol. The molecule has 0 amide bonds. The van der Waals surface area contributed by atoms with Crippen LogP contribution in [-0.4, -0.2) is 29.9 Å². The van der Waals surface area contributed by atoms with E-state index in [0.29, 0.717) is 11.6 Å². The van der Waals surface area contributed by atoms with Crippen molar-refractivity contribution < 1.29 is 49.4 Å². The van der Waals surface area contributed by atoms with Crippen molar-refractivity contribution >= 4 is 0 Å². The second-order valence-corrected chi connectivity index (χ2v) is 8.90. The number of aliphatic hydroxyl groups excluding tert-OH is 1. The van der Waals surface area contributed by atoms with Gasteiger partial charge in [-0.1, -0.05) is 42.5 Å². The van der Waals surface area contributed by atoms with Gasteiger partial charge in [0.2, 0.25) is 0 Å². The van der Waals surface area contributed by atoms with Gasteiger partial charge in [0, 0.05) is 11.5 Å². The first kappa shape index (κ1) is 29.3. The van der Waals surface area contributed by atoms with Gasteiger partial charge >= 0.3 is 18.7 Å². The summed E-state index contributed by atoms with van der Waals surface area (Å²) in [7, 11) is 0. The number of halogens is 9. The molecule has 0 heterocycles. The standard InChI is InChI=1S/C27H23F9O2/c28-20-8-6-18(7-9-20)25(15-17-4-2-1-3-5-17,11-10-22(37)16-26(32,33)34)19-12-21(29)14-23(13-19)38-27(35,36)24(30)31/h1-9,12-14,22,24,37H,10-11,15-16H2/t22-,25+/m1/s1. The Morgan fingerprint density at radius 1 is 0.763 bits per heavy atom. The Morgan fingerprint density at radius 3 is 1.97 bits per heavy atom. The minimum absolute atomic E-state index is 0.0493. The normalized spacial score (nSPS) is 14.8. The summed E-state index contributed by atoms with van der Waals surface area (Å²) in [5, 5.41) is 10.1. The topological polar surface area (TPSA) is 29.5 Å². The number of aliphatic hydroxyl groups is 1. The van der Waals surface area contributed by atoms with Crippen LogP contribution in [0.3, 0.4) is 0 Å². The monoisotopic (exact) mass is 550 g/mol. The molecular weight excluding hydrogens is 527 g/mol. The number of alkyl halides is 7. The van der Waals surface area contributed by atoms with Crippen molar-refractivity contribution in [2.75, 3.05) is 0 Å². The molecule has 3 rings (SSSR count). The van der Waals surface area contributed by atoms with Crippen molar-refractivity contribution in [1.29, 1.82) is 0 Å². The highest BCUT2D eigenvalue weighted by Gasteiger charge is 2.45. The quantitative estimate of drug-likeness (QED) is 0.247. The Kier molecular flexibility index (Phi) is 9.01. The fourth-order valence-electron chi connectivity index (χ4n) is 4.34. The highest BCUT2D eigenvalue weighted by atomic mass is 19.4. The van der Waals surface area contributed by atoms with Crippen LogP contribution in [0.1, 0.15) is 36.0 Å². The lowest BCUT2D eigenvalue weighted by atomic mass is 9.67. The molecule has 2 atom stereocenters. The molecular formula is C27H23F9O2. The third kappa shape index (κ3) is 7.66. The molecule has 0 aliphatic heterocycles. The molecule has 2 nitrogen and oxygen atoms in total. The van der Waals surface area contributed by atoms with E-state index in [1.165, 1.54) is 12.1 Å². The van der Waals surface area contributed by atoms with Crippen molar-refractivity contribution in [2.45, 2.75) is 55.9 Å². The van der Waals surface area contributed by atoms with Gasteiger partial charge < -0.3 is 9.84 Å². The first-order chi connectivity index (χ1) is 17.7. The average Bonchev–Trinajstić information content (AvgIpc) is 2.81. The van der Waals surface area contributed by atoms with Crippen molar-refractivity contribution in [1.82, 2.24) is 0 Å². The van der Waals surface area contributed by atoms with Gasteiger partial charge in [-0.3, -0.25) is 0 Å². The maximum Gasteiger partial charge on any atom is 0.461 e. The summed E-state index contributed by atoms with van der Waals surface area (Å²) in [6.45, 7) is 0. The van der Waals surface area contributed by atoms with Crippen LogP contribution in [0.25, 0.3) is 0 Å². The van der Waals surface area contributed by atoms with Gasteiger partial charge in [-0.15, -0.1) is 0 Å². The summed E-state index contributed by atoms with van der Waals surface area (Å²) in [5.41, 5.74) is -0.764. The molecule has 0 fully saturated rings. The maximum absolute atomic E-state index is 14.7. The number of rotatable bonds is 11. The van der Waals surface area contributed by atoms with E-state index in [-0.39, 0.29) is 24.0 Å². The largest absolute Gasteiger partial charge is 0.461 e. The van der Waals surface area contributed by atoms with E-state index in [0.717, 1.165) is 24.3 Å². The predicted octanol–water partition coefficient (Wildman–Crippen LogP) is 7.82. The van der Waals surface area contributed by atoms with Gasteiger partial charge in [0.15, 0.2) is 0 Å². The minimum Gasteiger partial charge on any atom is -0.428 e. The Bertz CT molecular complexity index is 1180. The van der Waals surface area contributed by atoms with Crippen LogP contribution >= 0.6 is 0 Å². The van der Waals surface area contributed by atoms with Gasteiger partial charge in [-0.2, -0.15) is 30.7 Å². The molecule has 0 aliphatic rings. The minimum atomic E-state index is -4.95. The SMILES string of the molecule is O[C@H](CC[C@](Cc1ccccc1)(c1ccc(F)cc1)c1cc(F)cc(OC(F)(F)C(F)F)c1)CC(F)(F)F. The van der Waals surface area contributed by atoms with Crippen LogP contribution in [0.5, 0.6) is 5.75 Å². The molecule has 206 valence electrons. The fraction of sp³-hybridized carbons (Fsp3) is 0.333. The Balaban J connectivity index is 2.19. The molecule has 0 unspecified atom stereocenters. The highest BCUT2D eigenvalue weighted by molar-refractivity contribution is 5.45. The van der Waals surface area contributed by atoms with Crippen molar-refractivity contribution in [3.05, 3.63) is 101 Å².